The molecule has 184 valence electrons. The van der Waals surface area contributed by atoms with Crippen LogP contribution >= 0.6 is 0 Å². The van der Waals surface area contributed by atoms with Crippen LogP contribution < -0.4 is 0 Å². The lowest BCUT2D eigenvalue weighted by Gasteiger charge is -2.59. The van der Waals surface area contributed by atoms with Crippen molar-refractivity contribution in [2.24, 2.45) is 46.8 Å². The molecular weight excluding hydrogens is 410 g/mol. The maximum absolute atomic E-state index is 11.9. The second-order valence-electron chi connectivity index (χ2n) is 13.4. The first-order valence-corrected chi connectivity index (χ1v) is 14.0. The van der Waals surface area contributed by atoms with E-state index in [1.807, 2.05) is 0 Å². The first kappa shape index (κ1) is 22.6. The summed E-state index contributed by atoms with van der Waals surface area (Å²) in [4.78, 5) is 14.2. The van der Waals surface area contributed by atoms with E-state index in [1.165, 1.54) is 51.6 Å². The predicted octanol–water partition coefficient (Wildman–Crippen LogP) is 5.20. The number of carbonyl (C=O) groups excluding carboxylic acids is 1. The maximum atomic E-state index is 11.9. The van der Waals surface area contributed by atoms with Crippen molar-refractivity contribution in [3.8, 4) is 0 Å². The van der Waals surface area contributed by atoms with E-state index in [9.17, 15) is 9.90 Å². The molecule has 4 aliphatic carbocycles. The lowest BCUT2D eigenvalue weighted by molar-refractivity contribution is -0.175. The topological polar surface area (TPSA) is 49.8 Å². The van der Waals surface area contributed by atoms with E-state index in [0.717, 1.165) is 48.9 Å². The van der Waals surface area contributed by atoms with Crippen LogP contribution in [0.2, 0.25) is 0 Å². The number of piperidine rings is 2. The number of rotatable bonds is 1. The summed E-state index contributed by atoms with van der Waals surface area (Å²) < 4.78 is 5.63. The number of allylic oxidation sites excluding steroid dienone is 1. The summed E-state index contributed by atoms with van der Waals surface area (Å²) in [6.45, 7) is 11.1. The molecular formula is C29H45NO3. The predicted molar refractivity (Wildman–Crippen MR) is 129 cm³/mol. The molecule has 0 aromatic carbocycles. The van der Waals surface area contributed by atoms with Gasteiger partial charge in [-0.1, -0.05) is 25.5 Å². The largest absolute Gasteiger partial charge is 0.462 e. The minimum absolute atomic E-state index is 0.0814. The van der Waals surface area contributed by atoms with Gasteiger partial charge in [-0.05, 0) is 105 Å². The Labute approximate surface area is 200 Å². The molecule has 2 heterocycles. The molecule has 6 aliphatic rings. The minimum Gasteiger partial charge on any atom is -0.462 e. The highest BCUT2D eigenvalue weighted by Gasteiger charge is 2.62. The molecule has 2 aliphatic heterocycles. The van der Waals surface area contributed by atoms with E-state index in [-0.39, 0.29) is 17.5 Å². The van der Waals surface area contributed by atoms with Gasteiger partial charge in [-0.15, -0.1) is 0 Å². The van der Waals surface area contributed by atoms with Crippen LogP contribution in [0.15, 0.2) is 11.6 Å². The summed E-state index contributed by atoms with van der Waals surface area (Å²) in [5.74, 6) is 4.97. The lowest BCUT2D eigenvalue weighted by Crippen LogP contribution is -2.67. The molecule has 2 saturated heterocycles. The number of hydrogen-bond acceptors (Lipinski definition) is 4. The molecule has 0 aromatic heterocycles. The van der Waals surface area contributed by atoms with E-state index < -0.39 is 5.60 Å². The Morgan fingerprint density at radius 2 is 1.85 bits per heavy atom. The number of fused-ring (bicyclic) bond motifs is 8. The second-order valence-corrected chi connectivity index (χ2v) is 13.4. The van der Waals surface area contributed by atoms with Crippen LogP contribution in [-0.4, -0.2) is 46.8 Å². The SMILES string of the molecule is CC(=O)OC1CCC2(C)C(=CCC3C4CCC5C(CN6CC(C)CCC6C5(C)O)C4CC32)C1. The van der Waals surface area contributed by atoms with Crippen molar-refractivity contribution in [3.63, 3.8) is 0 Å². The van der Waals surface area contributed by atoms with Crippen LogP contribution in [0.3, 0.4) is 0 Å². The zero-order chi connectivity index (χ0) is 23.1. The number of nitrogens with zero attached hydrogens (tertiary/aromatic N) is 1. The summed E-state index contributed by atoms with van der Waals surface area (Å²) in [5, 5.41) is 11.9. The zero-order valence-electron chi connectivity index (χ0n) is 21.3. The maximum Gasteiger partial charge on any atom is 0.302 e. The van der Waals surface area contributed by atoms with Gasteiger partial charge in [0.25, 0.3) is 0 Å². The monoisotopic (exact) mass is 455 g/mol. The highest BCUT2D eigenvalue weighted by Crippen LogP contribution is 2.66. The summed E-state index contributed by atoms with van der Waals surface area (Å²) in [7, 11) is 0. The molecule has 5 fully saturated rings. The first-order chi connectivity index (χ1) is 15.7. The molecule has 4 heteroatoms. The van der Waals surface area contributed by atoms with Crippen LogP contribution in [0.4, 0.5) is 0 Å². The molecule has 11 unspecified atom stereocenters. The molecule has 0 amide bonds. The Kier molecular flexibility index (Phi) is 5.35. The van der Waals surface area contributed by atoms with Gasteiger partial charge in [0, 0.05) is 32.5 Å². The Morgan fingerprint density at radius 3 is 2.64 bits per heavy atom. The third kappa shape index (κ3) is 3.40. The van der Waals surface area contributed by atoms with Crippen molar-refractivity contribution < 1.29 is 14.6 Å². The van der Waals surface area contributed by atoms with Crippen molar-refractivity contribution in [2.75, 3.05) is 13.1 Å². The molecule has 0 bridgehead atoms. The van der Waals surface area contributed by atoms with Crippen LogP contribution in [-0.2, 0) is 9.53 Å². The third-order valence-electron chi connectivity index (χ3n) is 11.8. The number of hydrogen-bond donors (Lipinski definition) is 1. The normalized spacial score (nSPS) is 53.6. The van der Waals surface area contributed by atoms with Crippen LogP contribution in [0.5, 0.6) is 0 Å². The Hall–Kier alpha value is -0.870. The smallest absolute Gasteiger partial charge is 0.302 e. The van der Waals surface area contributed by atoms with Crippen LogP contribution in [0.1, 0.15) is 85.5 Å². The van der Waals surface area contributed by atoms with Crippen molar-refractivity contribution in [1.82, 2.24) is 4.90 Å². The third-order valence-corrected chi connectivity index (χ3v) is 11.8. The standard InChI is InChI=1S/C29H45NO3/c1-17-5-10-27-29(4,32)25-9-8-21-22-7-6-19-13-20(33-18(2)31)11-12-28(19,3)26(22)14-23(21)24(25)16-30(27)15-17/h6,17,20-27,32H,5,7-16H2,1-4H3. The Bertz CT molecular complexity index is 835. The lowest BCUT2D eigenvalue weighted by atomic mass is 9.56. The fourth-order valence-corrected chi connectivity index (χ4v) is 10.3. The molecule has 11 atom stereocenters. The zero-order valence-corrected chi connectivity index (χ0v) is 21.3. The van der Waals surface area contributed by atoms with Crippen LogP contribution in [0.25, 0.3) is 0 Å². The van der Waals surface area contributed by atoms with Crippen molar-refractivity contribution >= 4 is 5.97 Å². The van der Waals surface area contributed by atoms with Crippen LogP contribution in [0, 0.1) is 46.8 Å². The van der Waals surface area contributed by atoms with Gasteiger partial charge in [-0.25, -0.2) is 0 Å². The van der Waals surface area contributed by atoms with Crippen molar-refractivity contribution in [1.29, 1.82) is 0 Å². The molecule has 4 nitrogen and oxygen atoms in total. The summed E-state index contributed by atoms with van der Waals surface area (Å²) >= 11 is 0. The molecule has 0 spiro atoms. The minimum atomic E-state index is -0.531. The van der Waals surface area contributed by atoms with Gasteiger partial charge in [0.1, 0.15) is 6.10 Å². The van der Waals surface area contributed by atoms with Crippen molar-refractivity contribution in [2.45, 2.75) is 103 Å². The van der Waals surface area contributed by atoms with Gasteiger partial charge in [0.2, 0.25) is 0 Å². The van der Waals surface area contributed by atoms with Crippen molar-refractivity contribution in [3.05, 3.63) is 11.6 Å². The highest BCUT2D eigenvalue weighted by atomic mass is 16.5. The Morgan fingerprint density at radius 1 is 1.03 bits per heavy atom. The molecule has 33 heavy (non-hydrogen) atoms. The number of aliphatic hydroxyl groups is 1. The summed E-state index contributed by atoms with van der Waals surface area (Å²) in [5.41, 5.74) is 1.33. The van der Waals surface area contributed by atoms with Gasteiger partial charge < -0.3 is 9.84 Å². The number of ether oxygens (including phenoxy) is 1. The number of carbonyl (C=O) groups is 1. The fraction of sp³-hybridized carbons (Fsp3) is 0.897. The Balaban J connectivity index is 1.25. The first-order valence-electron chi connectivity index (χ1n) is 14.0. The average molecular weight is 456 g/mol. The molecule has 6 rings (SSSR count). The van der Waals surface area contributed by atoms with Gasteiger partial charge in [0.15, 0.2) is 0 Å². The van der Waals surface area contributed by atoms with Gasteiger partial charge in [0.05, 0.1) is 5.60 Å². The van der Waals surface area contributed by atoms with E-state index in [0.29, 0.717) is 17.9 Å². The summed E-state index contributed by atoms with van der Waals surface area (Å²) in [6, 6.07) is 0.373. The molecule has 1 N–H and O–H groups in total. The summed E-state index contributed by atoms with van der Waals surface area (Å²) in [6.07, 6.45) is 13.3. The van der Waals surface area contributed by atoms with E-state index in [2.05, 4.69) is 31.7 Å². The molecule has 0 aromatic rings. The second kappa shape index (κ2) is 7.82. The van der Waals surface area contributed by atoms with E-state index in [4.69, 9.17) is 4.74 Å². The highest BCUT2D eigenvalue weighted by molar-refractivity contribution is 5.66. The van der Waals surface area contributed by atoms with Gasteiger partial charge in [-0.2, -0.15) is 0 Å². The fourth-order valence-electron chi connectivity index (χ4n) is 10.3. The molecule has 3 saturated carbocycles. The van der Waals surface area contributed by atoms with Gasteiger partial charge >= 0.3 is 5.97 Å². The quantitative estimate of drug-likeness (QED) is 0.436. The van der Waals surface area contributed by atoms with Gasteiger partial charge in [-0.3, -0.25) is 9.69 Å². The number of esters is 1. The van der Waals surface area contributed by atoms with E-state index in [1.54, 1.807) is 12.5 Å². The molecule has 0 radical (unpaired) electrons. The average Bonchev–Trinajstić information content (AvgIpc) is 3.14. The van der Waals surface area contributed by atoms with E-state index >= 15 is 0 Å².